The van der Waals surface area contributed by atoms with Crippen molar-refractivity contribution in [3.8, 4) is 5.88 Å². The van der Waals surface area contributed by atoms with Crippen molar-refractivity contribution in [1.82, 2.24) is 9.55 Å². The normalized spacial score (nSPS) is 10.9. The van der Waals surface area contributed by atoms with E-state index in [1.165, 1.54) is 16.6 Å². The molecule has 0 aliphatic rings. The molecule has 0 fully saturated rings. The van der Waals surface area contributed by atoms with Crippen molar-refractivity contribution in [3.63, 3.8) is 0 Å². The molecule has 2 aromatic heterocycles. The van der Waals surface area contributed by atoms with Crippen LogP contribution in [-0.4, -0.2) is 16.7 Å². The van der Waals surface area contributed by atoms with Crippen LogP contribution in [-0.2, 0) is 6.54 Å². The molecule has 0 N–H and O–H groups in total. The highest BCUT2D eigenvalue weighted by atomic mass is 16.5. The molecule has 0 aliphatic carbocycles. The number of rotatable bonds is 2. The second kappa shape index (κ2) is 3.57. The minimum absolute atomic E-state index is 0.713. The molecule has 0 aromatic carbocycles. The minimum atomic E-state index is 0.713. The smallest absolute Gasteiger partial charge is 0.238 e. The number of fused-ring (bicyclic) bond motifs is 1. The molecule has 3 nitrogen and oxygen atoms in total. The standard InChI is InChI=1S/C12H16N2O/c1-5-14-9(3)8(2)10-6-7-13-12(15-4)11(10)14/h6-7H,5H2,1-4H3. The first-order valence-corrected chi connectivity index (χ1v) is 5.19. The summed E-state index contributed by atoms with van der Waals surface area (Å²) in [6.45, 7) is 7.36. The van der Waals surface area contributed by atoms with Crippen molar-refractivity contribution in [1.29, 1.82) is 0 Å². The quantitative estimate of drug-likeness (QED) is 0.752. The molecule has 0 atom stereocenters. The van der Waals surface area contributed by atoms with Gasteiger partial charge in [0.2, 0.25) is 5.88 Å². The average molecular weight is 204 g/mol. The summed E-state index contributed by atoms with van der Waals surface area (Å²) in [5.74, 6) is 0.713. The van der Waals surface area contributed by atoms with E-state index in [9.17, 15) is 0 Å². The van der Waals surface area contributed by atoms with E-state index < -0.39 is 0 Å². The van der Waals surface area contributed by atoms with E-state index in [1.54, 1.807) is 13.3 Å². The Labute approximate surface area is 89.7 Å². The van der Waals surface area contributed by atoms with Crippen molar-refractivity contribution < 1.29 is 4.74 Å². The van der Waals surface area contributed by atoms with E-state index >= 15 is 0 Å². The fourth-order valence-electron chi connectivity index (χ4n) is 2.11. The molecule has 2 aromatic rings. The topological polar surface area (TPSA) is 27.1 Å². The molecule has 3 heteroatoms. The van der Waals surface area contributed by atoms with Crippen LogP contribution >= 0.6 is 0 Å². The van der Waals surface area contributed by atoms with Gasteiger partial charge in [-0.3, -0.25) is 0 Å². The van der Waals surface area contributed by atoms with Gasteiger partial charge < -0.3 is 9.30 Å². The van der Waals surface area contributed by atoms with Gasteiger partial charge in [-0.15, -0.1) is 0 Å². The third kappa shape index (κ3) is 1.30. The molecule has 0 saturated heterocycles. The van der Waals surface area contributed by atoms with Gasteiger partial charge in [0.05, 0.1) is 7.11 Å². The first-order chi connectivity index (χ1) is 7.20. The lowest BCUT2D eigenvalue weighted by molar-refractivity contribution is 0.401. The van der Waals surface area contributed by atoms with Gasteiger partial charge in [0.1, 0.15) is 5.52 Å². The summed E-state index contributed by atoms with van der Waals surface area (Å²) < 4.78 is 7.55. The zero-order chi connectivity index (χ0) is 11.0. The maximum absolute atomic E-state index is 5.31. The zero-order valence-electron chi connectivity index (χ0n) is 9.66. The molecule has 80 valence electrons. The largest absolute Gasteiger partial charge is 0.479 e. The summed E-state index contributed by atoms with van der Waals surface area (Å²) in [5, 5.41) is 1.24. The van der Waals surface area contributed by atoms with Crippen molar-refractivity contribution in [2.24, 2.45) is 0 Å². The van der Waals surface area contributed by atoms with Crippen molar-refractivity contribution in [2.45, 2.75) is 27.3 Å². The van der Waals surface area contributed by atoms with Crippen LogP contribution in [0, 0.1) is 13.8 Å². The van der Waals surface area contributed by atoms with Crippen LogP contribution in [0.3, 0.4) is 0 Å². The SMILES string of the molecule is CCn1c(C)c(C)c2ccnc(OC)c21. The lowest BCUT2D eigenvalue weighted by Crippen LogP contribution is -1.99. The monoisotopic (exact) mass is 204 g/mol. The lowest BCUT2D eigenvalue weighted by Gasteiger charge is -2.06. The van der Waals surface area contributed by atoms with E-state index in [0.29, 0.717) is 5.88 Å². The molecule has 0 spiro atoms. The Kier molecular flexibility index (Phi) is 2.39. The van der Waals surface area contributed by atoms with Gasteiger partial charge >= 0.3 is 0 Å². The Hall–Kier alpha value is -1.51. The molecule has 0 saturated carbocycles. The van der Waals surface area contributed by atoms with Gasteiger partial charge in [0.15, 0.2) is 0 Å². The van der Waals surface area contributed by atoms with Crippen molar-refractivity contribution in [2.75, 3.05) is 7.11 Å². The number of ether oxygens (including phenoxy) is 1. The van der Waals surface area contributed by atoms with E-state index in [4.69, 9.17) is 4.74 Å². The summed E-state index contributed by atoms with van der Waals surface area (Å²) in [4.78, 5) is 4.25. The van der Waals surface area contributed by atoms with Gasteiger partial charge in [0.25, 0.3) is 0 Å². The fourth-order valence-corrected chi connectivity index (χ4v) is 2.11. The molecule has 2 heterocycles. The van der Waals surface area contributed by atoms with Gasteiger partial charge in [-0.2, -0.15) is 0 Å². The van der Waals surface area contributed by atoms with Gasteiger partial charge in [-0.25, -0.2) is 4.98 Å². The summed E-state index contributed by atoms with van der Waals surface area (Å²) in [7, 11) is 1.67. The summed E-state index contributed by atoms with van der Waals surface area (Å²) in [5.41, 5.74) is 3.71. The average Bonchev–Trinajstić information content (AvgIpc) is 2.52. The third-order valence-corrected chi connectivity index (χ3v) is 3.02. The molecule has 15 heavy (non-hydrogen) atoms. The van der Waals surface area contributed by atoms with Crippen LogP contribution in [0.5, 0.6) is 5.88 Å². The molecule has 0 aliphatic heterocycles. The molecule has 2 rings (SSSR count). The maximum atomic E-state index is 5.31. The molecule has 0 bridgehead atoms. The van der Waals surface area contributed by atoms with E-state index in [2.05, 4.69) is 30.3 Å². The van der Waals surface area contributed by atoms with E-state index in [1.807, 2.05) is 6.07 Å². The Balaban J connectivity index is 2.91. The summed E-state index contributed by atoms with van der Waals surface area (Å²) >= 11 is 0. The molecular weight excluding hydrogens is 188 g/mol. The van der Waals surface area contributed by atoms with E-state index in [-0.39, 0.29) is 0 Å². The number of pyridine rings is 1. The van der Waals surface area contributed by atoms with Gasteiger partial charge in [-0.1, -0.05) is 0 Å². The first-order valence-electron chi connectivity index (χ1n) is 5.19. The number of aryl methyl sites for hydroxylation is 2. The summed E-state index contributed by atoms with van der Waals surface area (Å²) in [6.07, 6.45) is 1.80. The zero-order valence-corrected chi connectivity index (χ0v) is 9.66. The molecular formula is C12H16N2O. The highest BCUT2D eigenvalue weighted by Crippen LogP contribution is 2.30. The predicted molar refractivity (Wildman–Crippen MR) is 61.4 cm³/mol. The van der Waals surface area contributed by atoms with Crippen LogP contribution in [0.1, 0.15) is 18.2 Å². The fraction of sp³-hybridized carbons (Fsp3) is 0.417. The Morgan fingerprint density at radius 2 is 2.13 bits per heavy atom. The third-order valence-electron chi connectivity index (χ3n) is 3.02. The minimum Gasteiger partial charge on any atom is -0.479 e. The molecule has 0 unspecified atom stereocenters. The van der Waals surface area contributed by atoms with Gasteiger partial charge in [-0.05, 0) is 32.4 Å². The van der Waals surface area contributed by atoms with Crippen LogP contribution in [0.2, 0.25) is 0 Å². The van der Waals surface area contributed by atoms with Crippen molar-refractivity contribution in [3.05, 3.63) is 23.5 Å². The lowest BCUT2D eigenvalue weighted by atomic mass is 10.2. The van der Waals surface area contributed by atoms with Crippen LogP contribution < -0.4 is 4.74 Å². The Morgan fingerprint density at radius 3 is 2.73 bits per heavy atom. The van der Waals surface area contributed by atoms with Crippen molar-refractivity contribution >= 4 is 10.9 Å². The van der Waals surface area contributed by atoms with E-state index in [0.717, 1.165) is 12.1 Å². The van der Waals surface area contributed by atoms with Crippen LogP contribution in [0.4, 0.5) is 0 Å². The van der Waals surface area contributed by atoms with Crippen LogP contribution in [0.15, 0.2) is 12.3 Å². The first kappa shape index (κ1) is 10.0. The Bertz CT molecular complexity index is 500. The second-order valence-electron chi connectivity index (χ2n) is 3.67. The number of nitrogens with zero attached hydrogens (tertiary/aromatic N) is 2. The highest BCUT2D eigenvalue weighted by molar-refractivity contribution is 5.88. The number of hydrogen-bond donors (Lipinski definition) is 0. The van der Waals surface area contributed by atoms with Crippen LogP contribution in [0.25, 0.3) is 10.9 Å². The molecule has 0 radical (unpaired) electrons. The second-order valence-corrected chi connectivity index (χ2v) is 3.67. The molecule has 0 amide bonds. The highest BCUT2D eigenvalue weighted by Gasteiger charge is 2.13. The summed E-state index contributed by atoms with van der Waals surface area (Å²) in [6, 6.07) is 2.05. The Morgan fingerprint density at radius 1 is 1.40 bits per heavy atom. The predicted octanol–water partition coefficient (Wildman–Crippen LogP) is 2.68. The number of methoxy groups -OCH3 is 1. The van der Waals surface area contributed by atoms with Gasteiger partial charge in [0, 0.05) is 23.8 Å². The maximum Gasteiger partial charge on any atom is 0.238 e. The number of aromatic nitrogens is 2. The number of hydrogen-bond acceptors (Lipinski definition) is 2.